The molecule has 2 aliphatic heterocycles. The zero-order chi connectivity index (χ0) is 21.9. The lowest BCUT2D eigenvalue weighted by molar-refractivity contribution is -0.131. The zero-order valence-corrected chi connectivity index (χ0v) is 18.0. The van der Waals surface area contributed by atoms with Gasteiger partial charge in [0.05, 0.1) is 23.7 Å². The first-order chi connectivity index (χ1) is 15.7. The molecule has 0 saturated carbocycles. The molecule has 2 aromatic heterocycles. The summed E-state index contributed by atoms with van der Waals surface area (Å²) in [5, 5.41) is 0. The number of carbonyl (C=O) groups is 1. The molecule has 1 fully saturated rings. The van der Waals surface area contributed by atoms with Crippen LogP contribution in [0.3, 0.4) is 0 Å². The van der Waals surface area contributed by atoms with E-state index in [1.165, 1.54) is 0 Å². The predicted octanol–water partition coefficient (Wildman–Crippen LogP) is 2.63. The largest absolute Gasteiger partial charge is 0.332 e. The van der Waals surface area contributed by atoms with Crippen LogP contribution in [-0.2, 0) is 30.7 Å². The van der Waals surface area contributed by atoms with E-state index < -0.39 is 0 Å². The Morgan fingerprint density at radius 2 is 1.94 bits per heavy atom. The number of amides is 1. The van der Waals surface area contributed by atoms with Crippen LogP contribution in [0, 0.1) is 0 Å². The Morgan fingerprint density at radius 1 is 1.09 bits per heavy atom. The lowest BCUT2D eigenvalue weighted by Crippen LogP contribution is -2.38. The number of rotatable bonds is 5. The Kier molecular flexibility index (Phi) is 5.81. The third kappa shape index (κ3) is 4.34. The van der Waals surface area contributed by atoms with E-state index in [2.05, 4.69) is 20.9 Å². The first kappa shape index (κ1) is 20.6. The third-order valence-corrected chi connectivity index (χ3v) is 6.38. The molecule has 32 heavy (non-hydrogen) atoms. The molecule has 0 unspecified atom stereocenters. The number of carbonyl (C=O) groups excluding carboxylic acids is 1. The van der Waals surface area contributed by atoms with Gasteiger partial charge in [0.15, 0.2) is 0 Å². The summed E-state index contributed by atoms with van der Waals surface area (Å²) >= 11 is 0. The van der Waals surface area contributed by atoms with E-state index in [1.807, 2.05) is 47.5 Å². The van der Waals surface area contributed by atoms with Crippen molar-refractivity contribution in [2.45, 2.75) is 44.8 Å². The first-order valence-corrected chi connectivity index (χ1v) is 11.2. The average Bonchev–Trinajstić information content (AvgIpc) is 3.31. The fraction of sp³-hybridized carbons (Fsp3) is 0.360. The Balaban J connectivity index is 1.32. The highest BCUT2D eigenvalue weighted by molar-refractivity contribution is 5.79. The van der Waals surface area contributed by atoms with E-state index >= 15 is 0 Å². The number of H-pyrrole nitrogens is 1. The lowest BCUT2D eigenvalue weighted by Gasteiger charge is -2.29. The van der Waals surface area contributed by atoms with Gasteiger partial charge in [-0.2, -0.15) is 0 Å². The molecule has 2 aliphatic rings. The molecule has 1 saturated heterocycles. The minimum absolute atomic E-state index is 0.0803. The number of fused-ring (bicyclic) bond motifs is 1. The Morgan fingerprint density at radius 3 is 2.75 bits per heavy atom. The summed E-state index contributed by atoms with van der Waals surface area (Å²) in [7, 11) is 0. The van der Waals surface area contributed by atoms with Crippen molar-refractivity contribution in [1.29, 1.82) is 0 Å². The summed E-state index contributed by atoms with van der Waals surface area (Å²) in [4.78, 5) is 42.1. The molecule has 7 heteroatoms. The zero-order valence-electron chi connectivity index (χ0n) is 18.0. The van der Waals surface area contributed by atoms with E-state index in [-0.39, 0.29) is 17.5 Å². The summed E-state index contributed by atoms with van der Waals surface area (Å²) in [6, 6.07) is 13.6. The molecule has 1 aromatic carbocycles. The van der Waals surface area contributed by atoms with Crippen molar-refractivity contribution in [3.63, 3.8) is 0 Å². The van der Waals surface area contributed by atoms with Crippen LogP contribution in [0.1, 0.15) is 47.1 Å². The second kappa shape index (κ2) is 9.04. The first-order valence-electron chi connectivity index (χ1n) is 11.2. The number of likely N-dealkylation sites (tertiary alicyclic amines) is 1. The van der Waals surface area contributed by atoms with Gasteiger partial charge in [0.2, 0.25) is 5.91 Å². The average molecular weight is 430 g/mol. The molecule has 1 atom stereocenters. The van der Waals surface area contributed by atoms with Crippen LogP contribution in [0.2, 0.25) is 0 Å². The van der Waals surface area contributed by atoms with Crippen molar-refractivity contribution in [3.8, 4) is 0 Å². The van der Waals surface area contributed by atoms with Crippen molar-refractivity contribution in [1.82, 2.24) is 24.8 Å². The predicted molar refractivity (Wildman–Crippen MR) is 121 cm³/mol. The highest BCUT2D eigenvalue weighted by Gasteiger charge is 2.33. The minimum atomic E-state index is -0.155. The molecule has 0 radical (unpaired) electrons. The number of nitrogens with one attached hydrogen (secondary N) is 1. The molecule has 3 aromatic rings. The summed E-state index contributed by atoms with van der Waals surface area (Å²) < 4.78 is 0. The summed E-state index contributed by atoms with van der Waals surface area (Å²) in [6.45, 7) is 2.89. The monoisotopic (exact) mass is 429 g/mol. The maximum Gasteiger partial charge on any atom is 0.255 e. The molecule has 1 amide bonds. The maximum atomic E-state index is 13.0. The van der Waals surface area contributed by atoms with Crippen LogP contribution in [0.25, 0.3) is 0 Å². The van der Waals surface area contributed by atoms with Crippen LogP contribution >= 0.6 is 0 Å². The number of nitrogens with zero attached hydrogens (tertiary/aromatic N) is 4. The fourth-order valence-corrected chi connectivity index (χ4v) is 4.76. The van der Waals surface area contributed by atoms with Crippen LogP contribution in [-0.4, -0.2) is 43.7 Å². The summed E-state index contributed by atoms with van der Waals surface area (Å²) in [5.74, 6) is 0.718. The second-order valence-corrected chi connectivity index (χ2v) is 8.61. The number of aromatic amines is 1. The molecule has 0 spiro atoms. The van der Waals surface area contributed by atoms with Gasteiger partial charge in [-0.3, -0.25) is 19.5 Å². The van der Waals surface area contributed by atoms with E-state index in [0.29, 0.717) is 25.3 Å². The SMILES string of the molecule is O=C(Cc1ccccc1)N1CCC[C@H]1c1nc2c(c(=O)[nH]1)CN(Cc1cccnc1)CC2. The van der Waals surface area contributed by atoms with Gasteiger partial charge in [-0.05, 0) is 30.0 Å². The number of aromatic nitrogens is 3. The van der Waals surface area contributed by atoms with Gasteiger partial charge in [-0.1, -0.05) is 36.4 Å². The van der Waals surface area contributed by atoms with Crippen molar-refractivity contribution >= 4 is 5.91 Å². The third-order valence-electron chi connectivity index (χ3n) is 6.38. The van der Waals surface area contributed by atoms with Crippen LogP contribution < -0.4 is 5.56 Å². The Labute approximate surface area is 187 Å². The van der Waals surface area contributed by atoms with E-state index in [4.69, 9.17) is 4.98 Å². The van der Waals surface area contributed by atoms with Crippen molar-refractivity contribution < 1.29 is 4.79 Å². The van der Waals surface area contributed by atoms with E-state index in [1.54, 1.807) is 6.20 Å². The summed E-state index contributed by atoms with van der Waals surface area (Å²) in [5.41, 5.74) is 3.67. The molecule has 0 bridgehead atoms. The topological polar surface area (TPSA) is 82.2 Å². The lowest BCUT2D eigenvalue weighted by atomic mass is 10.1. The van der Waals surface area contributed by atoms with Crippen molar-refractivity contribution in [2.75, 3.05) is 13.1 Å². The van der Waals surface area contributed by atoms with E-state index in [0.717, 1.165) is 54.7 Å². The van der Waals surface area contributed by atoms with Gasteiger partial charge in [0.25, 0.3) is 5.56 Å². The molecule has 0 aliphatic carbocycles. The van der Waals surface area contributed by atoms with Gasteiger partial charge >= 0.3 is 0 Å². The molecule has 7 nitrogen and oxygen atoms in total. The number of pyridine rings is 1. The Hall–Kier alpha value is -3.32. The van der Waals surface area contributed by atoms with Gasteiger partial charge in [0.1, 0.15) is 5.82 Å². The minimum Gasteiger partial charge on any atom is -0.332 e. The van der Waals surface area contributed by atoms with Crippen molar-refractivity contribution in [2.24, 2.45) is 0 Å². The van der Waals surface area contributed by atoms with Crippen molar-refractivity contribution in [3.05, 3.63) is 93.4 Å². The molecule has 5 rings (SSSR count). The second-order valence-electron chi connectivity index (χ2n) is 8.61. The molecular weight excluding hydrogens is 402 g/mol. The number of hydrogen-bond donors (Lipinski definition) is 1. The molecule has 1 N–H and O–H groups in total. The fourth-order valence-electron chi connectivity index (χ4n) is 4.76. The van der Waals surface area contributed by atoms with E-state index in [9.17, 15) is 9.59 Å². The van der Waals surface area contributed by atoms with Gasteiger partial charge in [0, 0.05) is 45.0 Å². The van der Waals surface area contributed by atoms with Gasteiger partial charge in [-0.15, -0.1) is 0 Å². The quantitative estimate of drug-likeness (QED) is 0.674. The highest BCUT2D eigenvalue weighted by atomic mass is 16.2. The smallest absolute Gasteiger partial charge is 0.255 e. The number of hydrogen-bond acceptors (Lipinski definition) is 5. The van der Waals surface area contributed by atoms with Gasteiger partial charge in [-0.25, -0.2) is 4.98 Å². The molecule has 4 heterocycles. The van der Waals surface area contributed by atoms with Crippen LogP contribution in [0.5, 0.6) is 0 Å². The summed E-state index contributed by atoms with van der Waals surface area (Å²) in [6.07, 6.45) is 6.48. The standard InChI is InChI=1S/C25H27N5O2/c31-23(14-18-6-2-1-3-7-18)30-12-5-9-22(30)24-27-21-10-13-29(17-20(21)25(32)28-24)16-19-8-4-11-26-15-19/h1-4,6-8,11,15,22H,5,9-10,12-14,16-17H2,(H,27,28,32)/t22-/m0/s1. The number of benzene rings is 1. The Bertz CT molecular complexity index is 1150. The van der Waals surface area contributed by atoms with Crippen LogP contribution in [0.15, 0.2) is 59.7 Å². The van der Waals surface area contributed by atoms with Gasteiger partial charge < -0.3 is 9.88 Å². The molecule has 164 valence electrons. The normalized spacial score (nSPS) is 18.5. The maximum absolute atomic E-state index is 13.0. The highest BCUT2D eigenvalue weighted by Crippen LogP contribution is 2.31. The molecular formula is C25H27N5O2. The van der Waals surface area contributed by atoms with Crippen LogP contribution in [0.4, 0.5) is 0 Å².